The molecule has 0 atom stereocenters. The maximum absolute atomic E-state index is 11.8. The summed E-state index contributed by atoms with van der Waals surface area (Å²) in [6, 6.07) is 0. The standard InChI is InChI=1S/C9H16N2O.ClH/c1-9(2-3-9)8(12)11-6-4-10-5-7-11;/h10H,2-7H2,1H3;1H. The second-order valence-electron chi connectivity index (χ2n) is 4.10. The van der Waals surface area contributed by atoms with Crippen LogP contribution in [0.4, 0.5) is 0 Å². The Morgan fingerprint density at radius 2 is 1.85 bits per heavy atom. The van der Waals surface area contributed by atoms with Crippen LogP contribution >= 0.6 is 12.4 Å². The van der Waals surface area contributed by atoms with Gasteiger partial charge in [0.15, 0.2) is 0 Å². The normalized spacial score (nSPS) is 24.8. The average Bonchev–Trinajstić information content (AvgIpc) is 2.85. The first-order valence-electron chi connectivity index (χ1n) is 4.72. The third-order valence-corrected chi connectivity index (χ3v) is 2.92. The van der Waals surface area contributed by atoms with Gasteiger partial charge >= 0.3 is 0 Å². The molecule has 0 aromatic carbocycles. The molecule has 2 rings (SSSR count). The van der Waals surface area contributed by atoms with Gasteiger partial charge in [-0.1, -0.05) is 6.92 Å². The molecule has 1 heterocycles. The zero-order chi connectivity index (χ0) is 8.60. The fourth-order valence-electron chi connectivity index (χ4n) is 1.65. The van der Waals surface area contributed by atoms with Gasteiger partial charge in [0.05, 0.1) is 0 Å². The van der Waals surface area contributed by atoms with E-state index in [9.17, 15) is 4.79 Å². The largest absolute Gasteiger partial charge is 0.340 e. The van der Waals surface area contributed by atoms with E-state index in [1.807, 2.05) is 4.90 Å². The second-order valence-corrected chi connectivity index (χ2v) is 4.10. The van der Waals surface area contributed by atoms with Gasteiger partial charge in [0.2, 0.25) is 5.91 Å². The van der Waals surface area contributed by atoms with Gasteiger partial charge in [-0.2, -0.15) is 0 Å². The predicted octanol–water partition coefficient (Wildman–Crippen LogP) is 0.640. The van der Waals surface area contributed by atoms with Gasteiger partial charge < -0.3 is 10.2 Å². The number of halogens is 1. The van der Waals surface area contributed by atoms with E-state index in [-0.39, 0.29) is 17.8 Å². The Morgan fingerprint density at radius 1 is 1.31 bits per heavy atom. The van der Waals surface area contributed by atoms with Crippen molar-refractivity contribution >= 4 is 18.3 Å². The van der Waals surface area contributed by atoms with Crippen LogP contribution in [0.25, 0.3) is 0 Å². The number of carbonyl (C=O) groups is 1. The number of hydrogen-bond donors (Lipinski definition) is 1. The van der Waals surface area contributed by atoms with Gasteiger partial charge in [0.1, 0.15) is 0 Å². The molecular formula is C9H17ClN2O. The molecule has 0 aromatic heterocycles. The SMILES string of the molecule is CC1(C(=O)N2CCNCC2)CC1.Cl. The van der Waals surface area contributed by atoms with Gasteiger partial charge in [-0.3, -0.25) is 4.79 Å². The van der Waals surface area contributed by atoms with Crippen molar-refractivity contribution in [2.24, 2.45) is 5.41 Å². The number of carbonyl (C=O) groups excluding carboxylic acids is 1. The molecule has 2 fully saturated rings. The number of nitrogens with zero attached hydrogens (tertiary/aromatic N) is 1. The fourth-order valence-corrected chi connectivity index (χ4v) is 1.65. The zero-order valence-electron chi connectivity index (χ0n) is 8.01. The number of piperazine rings is 1. The molecule has 2 aliphatic rings. The molecule has 1 N–H and O–H groups in total. The molecule has 4 heteroatoms. The molecule has 76 valence electrons. The first kappa shape index (κ1) is 10.8. The number of nitrogens with one attached hydrogen (secondary N) is 1. The fraction of sp³-hybridized carbons (Fsp3) is 0.889. The highest BCUT2D eigenvalue weighted by Gasteiger charge is 2.47. The molecule has 0 unspecified atom stereocenters. The third kappa shape index (κ3) is 2.15. The van der Waals surface area contributed by atoms with Gasteiger partial charge in [-0.25, -0.2) is 0 Å². The molecule has 1 aliphatic heterocycles. The van der Waals surface area contributed by atoms with Gasteiger partial charge in [0.25, 0.3) is 0 Å². The minimum Gasteiger partial charge on any atom is -0.340 e. The summed E-state index contributed by atoms with van der Waals surface area (Å²) in [7, 11) is 0. The van der Waals surface area contributed by atoms with Crippen molar-refractivity contribution in [2.45, 2.75) is 19.8 Å². The lowest BCUT2D eigenvalue weighted by atomic mass is 10.1. The van der Waals surface area contributed by atoms with E-state index >= 15 is 0 Å². The molecule has 0 bridgehead atoms. The monoisotopic (exact) mass is 204 g/mol. The molecule has 1 amide bonds. The average molecular weight is 205 g/mol. The molecule has 1 saturated heterocycles. The van der Waals surface area contributed by atoms with E-state index in [0.717, 1.165) is 39.0 Å². The molecular weight excluding hydrogens is 188 g/mol. The molecule has 3 nitrogen and oxygen atoms in total. The summed E-state index contributed by atoms with van der Waals surface area (Å²) in [5.74, 6) is 0.379. The van der Waals surface area contributed by atoms with Crippen LogP contribution in [0, 0.1) is 5.41 Å². The summed E-state index contributed by atoms with van der Waals surface area (Å²) >= 11 is 0. The van der Waals surface area contributed by atoms with Gasteiger partial charge in [-0.05, 0) is 12.8 Å². The van der Waals surface area contributed by atoms with Gasteiger partial charge in [-0.15, -0.1) is 12.4 Å². The van der Waals surface area contributed by atoms with Crippen LogP contribution in [0.5, 0.6) is 0 Å². The lowest BCUT2D eigenvalue weighted by Crippen LogP contribution is -2.48. The van der Waals surface area contributed by atoms with Crippen molar-refractivity contribution < 1.29 is 4.79 Å². The van der Waals surface area contributed by atoms with Crippen molar-refractivity contribution in [3.63, 3.8) is 0 Å². The van der Waals surface area contributed by atoms with Crippen molar-refractivity contribution in [1.29, 1.82) is 0 Å². The number of rotatable bonds is 1. The maximum Gasteiger partial charge on any atom is 0.228 e. The van der Waals surface area contributed by atoms with E-state index in [0.29, 0.717) is 5.91 Å². The third-order valence-electron chi connectivity index (χ3n) is 2.92. The quantitative estimate of drug-likeness (QED) is 0.680. The highest BCUT2D eigenvalue weighted by Crippen LogP contribution is 2.46. The summed E-state index contributed by atoms with van der Waals surface area (Å²) < 4.78 is 0. The van der Waals surface area contributed by atoms with Crippen LogP contribution in [0.2, 0.25) is 0 Å². The van der Waals surface area contributed by atoms with Crippen LogP contribution in [0.1, 0.15) is 19.8 Å². The van der Waals surface area contributed by atoms with E-state index in [2.05, 4.69) is 12.2 Å². The minimum absolute atomic E-state index is 0. The Labute approximate surface area is 85.3 Å². The van der Waals surface area contributed by atoms with E-state index in [1.54, 1.807) is 0 Å². The summed E-state index contributed by atoms with van der Waals surface area (Å²) in [5.41, 5.74) is 0.0251. The molecule has 13 heavy (non-hydrogen) atoms. The van der Waals surface area contributed by atoms with Crippen molar-refractivity contribution in [2.75, 3.05) is 26.2 Å². The first-order chi connectivity index (χ1) is 5.72. The number of hydrogen-bond acceptors (Lipinski definition) is 2. The van der Waals surface area contributed by atoms with E-state index in [4.69, 9.17) is 0 Å². The first-order valence-corrected chi connectivity index (χ1v) is 4.72. The predicted molar refractivity (Wildman–Crippen MR) is 54.0 cm³/mol. The molecule has 0 radical (unpaired) electrons. The second kappa shape index (κ2) is 3.84. The highest BCUT2D eigenvalue weighted by atomic mass is 35.5. The molecule has 0 spiro atoms. The molecule has 1 aliphatic carbocycles. The number of amides is 1. The van der Waals surface area contributed by atoms with Gasteiger partial charge in [0, 0.05) is 31.6 Å². The van der Waals surface area contributed by atoms with Crippen LogP contribution in [0.15, 0.2) is 0 Å². The lowest BCUT2D eigenvalue weighted by molar-refractivity contribution is -0.136. The Kier molecular flexibility index (Phi) is 3.19. The molecule has 0 aromatic rings. The Hall–Kier alpha value is -0.280. The van der Waals surface area contributed by atoms with Crippen LogP contribution in [0.3, 0.4) is 0 Å². The van der Waals surface area contributed by atoms with Crippen LogP contribution in [-0.4, -0.2) is 37.0 Å². The highest BCUT2D eigenvalue weighted by molar-refractivity contribution is 5.85. The smallest absolute Gasteiger partial charge is 0.228 e. The summed E-state index contributed by atoms with van der Waals surface area (Å²) in [5, 5.41) is 3.25. The van der Waals surface area contributed by atoms with Crippen LogP contribution in [-0.2, 0) is 4.79 Å². The minimum atomic E-state index is 0. The Bertz CT molecular complexity index is 198. The van der Waals surface area contributed by atoms with Crippen LogP contribution < -0.4 is 5.32 Å². The van der Waals surface area contributed by atoms with E-state index < -0.39 is 0 Å². The topological polar surface area (TPSA) is 32.3 Å². The summed E-state index contributed by atoms with van der Waals surface area (Å²) in [6.07, 6.45) is 2.19. The van der Waals surface area contributed by atoms with Crippen molar-refractivity contribution in [3.8, 4) is 0 Å². The maximum atomic E-state index is 11.8. The van der Waals surface area contributed by atoms with Crippen molar-refractivity contribution in [3.05, 3.63) is 0 Å². The van der Waals surface area contributed by atoms with E-state index in [1.165, 1.54) is 0 Å². The zero-order valence-corrected chi connectivity index (χ0v) is 8.82. The Balaban J connectivity index is 0.000000845. The summed E-state index contributed by atoms with van der Waals surface area (Å²) in [4.78, 5) is 13.8. The molecule has 1 saturated carbocycles. The van der Waals surface area contributed by atoms with Crippen molar-refractivity contribution in [1.82, 2.24) is 10.2 Å². The lowest BCUT2D eigenvalue weighted by Gasteiger charge is -2.29. The summed E-state index contributed by atoms with van der Waals surface area (Å²) in [6.45, 7) is 5.80. The Morgan fingerprint density at radius 3 is 2.31 bits per heavy atom.